The van der Waals surface area contributed by atoms with Gasteiger partial charge in [-0.25, -0.2) is 4.79 Å². The number of rotatable bonds is 5. The highest BCUT2D eigenvalue weighted by molar-refractivity contribution is 5.83. The fourth-order valence-corrected chi connectivity index (χ4v) is 1.83. The number of hydrogen-bond acceptors (Lipinski definition) is 4. The number of carboxylic acids is 1. The van der Waals surface area contributed by atoms with Crippen molar-refractivity contribution in [3.8, 4) is 0 Å². The molecule has 6 heteroatoms. The summed E-state index contributed by atoms with van der Waals surface area (Å²) >= 11 is 0. The number of nitrogens with zero attached hydrogens (tertiary/aromatic N) is 1. The maximum Gasteiger partial charge on any atom is 0.328 e. The third kappa shape index (κ3) is 4.32. The van der Waals surface area contributed by atoms with Crippen LogP contribution in [0.5, 0.6) is 0 Å². The largest absolute Gasteiger partial charge is 0.480 e. The minimum Gasteiger partial charge on any atom is -0.480 e. The highest BCUT2D eigenvalue weighted by Crippen LogP contribution is 2.11. The van der Waals surface area contributed by atoms with Crippen LogP contribution in [-0.2, 0) is 14.3 Å². The molecular weight excluding hydrogens is 224 g/mol. The minimum atomic E-state index is -1.01. The van der Waals surface area contributed by atoms with E-state index in [0.717, 1.165) is 6.42 Å². The Labute approximate surface area is 101 Å². The molecule has 1 amide bonds. The van der Waals surface area contributed by atoms with Crippen LogP contribution < -0.4 is 5.73 Å². The van der Waals surface area contributed by atoms with Gasteiger partial charge in [-0.3, -0.25) is 4.79 Å². The van der Waals surface area contributed by atoms with Gasteiger partial charge in [-0.15, -0.1) is 0 Å². The molecule has 1 rings (SSSR count). The monoisotopic (exact) mass is 244 g/mol. The first-order valence-electron chi connectivity index (χ1n) is 5.88. The number of nitrogens with two attached hydrogens (primary N) is 1. The summed E-state index contributed by atoms with van der Waals surface area (Å²) in [7, 11) is 0. The Balaban J connectivity index is 2.45. The van der Waals surface area contributed by atoms with E-state index in [-0.39, 0.29) is 18.6 Å². The van der Waals surface area contributed by atoms with Gasteiger partial charge in [-0.05, 0) is 19.8 Å². The van der Waals surface area contributed by atoms with Crippen LogP contribution in [0, 0.1) is 0 Å². The molecule has 2 atom stereocenters. The van der Waals surface area contributed by atoms with Crippen molar-refractivity contribution in [1.82, 2.24) is 4.90 Å². The molecule has 1 heterocycles. The average Bonchev–Trinajstić information content (AvgIpc) is 2.28. The summed E-state index contributed by atoms with van der Waals surface area (Å²) in [6, 6.07) is -0.769. The van der Waals surface area contributed by atoms with E-state index in [1.165, 1.54) is 4.90 Å². The first-order valence-corrected chi connectivity index (χ1v) is 5.88. The molecule has 0 radical (unpaired) electrons. The van der Waals surface area contributed by atoms with E-state index in [1.54, 1.807) is 0 Å². The predicted octanol–water partition coefficient (Wildman–Crippen LogP) is -0.184. The van der Waals surface area contributed by atoms with Crippen LogP contribution in [0.15, 0.2) is 0 Å². The van der Waals surface area contributed by atoms with E-state index in [2.05, 4.69) is 0 Å². The Bertz CT molecular complexity index is 281. The van der Waals surface area contributed by atoms with Crippen LogP contribution in [0.25, 0.3) is 0 Å². The average molecular weight is 244 g/mol. The molecule has 0 aliphatic carbocycles. The van der Waals surface area contributed by atoms with Gasteiger partial charge in [0, 0.05) is 19.0 Å². The second-order valence-electron chi connectivity index (χ2n) is 4.39. The molecular formula is C11H20N2O4. The fourth-order valence-electron chi connectivity index (χ4n) is 1.83. The van der Waals surface area contributed by atoms with E-state index in [4.69, 9.17) is 15.6 Å². The molecule has 2 unspecified atom stereocenters. The Hall–Kier alpha value is -1.14. The van der Waals surface area contributed by atoms with Crippen molar-refractivity contribution < 1.29 is 19.4 Å². The van der Waals surface area contributed by atoms with Crippen molar-refractivity contribution in [2.45, 2.75) is 38.3 Å². The summed E-state index contributed by atoms with van der Waals surface area (Å²) < 4.78 is 5.07. The van der Waals surface area contributed by atoms with Crippen LogP contribution in [0.2, 0.25) is 0 Å². The Morgan fingerprint density at radius 1 is 1.59 bits per heavy atom. The summed E-state index contributed by atoms with van der Waals surface area (Å²) in [6.07, 6.45) is 1.82. The van der Waals surface area contributed by atoms with Crippen molar-refractivity contribution in [1.29, 1.82) is 0 Å². The lowest BCUT2D eigenvalue weighted by Crippen LogP contribution is -2.52. The number of carbonyl (C=O) groups is 2. The standard InChI is InChI=1S/C11H20N2O4/c1-8(12)3-2-4-10(14)13-5-6-17-7-9(13)11(15)16/h8-9H,2-7,12H2,1H3,(H,15,16). The number of carboxylic acid groups (broad SMARTS) is 1. The summed E-state index contributed by atoms with van der Waals surface area (Å²) in [5.41, 5.74) is 5.59. The van der Waals surface area contributed by atoms with Gasteiger partial charge in [0.15, 0.2) is 6.04 Å². The molecule has 0 spiro atoms. The molecule has 1 fully saturated rings. The molecule has 1 aliphatic rings. The first kappa shape index (κ1) is 13.9. The van der Waals surface area contributed by atoms with Crippen molar-refractivity contribution in [3.05, 3.63) is 0 Å². The van der Waals surface area contributed by atoms with Gasteiger partial charge in [0.1, 0.15) is 0 Å². The maximum atomic E-state index is 11.9. The summed E-state index contributed by atoms with van der Waals surface area (Å²) in [6.45, 7) is 2.73. The summed E-state index contributed by atoms with van der Waals surface area (Å²) in [4.78, 5) is 24.2. The lowest BCUT2D eigenvalue weighted by Gasteiger charge is -2.33. The van der Waals surface area contributed by atoms with Gasteiger partial charge in [-0.1, -0.05) is 0 Å². The maximum absolute atomic E-state index is 11.9. The van der Waals surface area contributed by atoms with E-state index in [0.29, 0.717) is 26.0 Å². The first-order chi connectivity index (χ1) is 8.02. The van der Waals surface area contributed by atoms with Gasteiger partial charge < -0.3 is 20.5 Å². The van der Waals surface area contributed by atoms with Crippen LogP contribution in [-0.4, -0.2) is 53.7 Å². The van der Waals surface area contributed by atoms with Crippen LogP contribution in [0.4, 0.5) is 0 Å². The lowest BCUT2D eigenvalue weighted by atomic mass is 10.1. The van der Waals surface area contributed by atoms with Gasteiger partial charge >= 0.3 is 5.97 Å². The molecule has 17 heavy (non-hydrogen) atoms. The van der Waals surface area contributed by atoms with Crippen molar-refractivity contribution in [2.24, 2.45) is 5.73 Å². The molecule has 0 aromatic carbocycles. The minimum absolute atomic E-state index is 0.0720. The Morgan fingerprint density at radius 2 is 2.29 bits per heavy atom. The number of hydrogen-bond donors (Lipinski definition) is 2. The molecule has 6 nitrogen and oxygen atoms in total. The number of aliphatic carboxylic acids is 1. The quantitative estimate of drug-likeness (QED) is 0.699. The Kier molecular flexibility index (Phi) is 5.37. The second kappa shape index (κ2) is 6.56. The summed E-state index contributed by atoms with van der Waals surface area (Å²) in [5, 5.41) is 8.98. The molecule has 0 saturated carbocycles. The van der Waals surface area contributed by atoms with Crippen molar-refractivity contribution in [2.75, 3.05) is 19.8 Å². The van der Waals surface area contributed by atoms with E-state index >= 15 is 0 Å². The van der Waals surface area contributed by atoms with Gasteiger partial charge in [0.2, 0.25) is 5.91 Å². The van der Waals surface area contributed by atoms with Crippen LogP contribution in [0.3, 0.4) is 0 Å². The van der Waals surface area contributed by atoms with Gasteiger partial charge in [0.25, 0.3) is 0 Å². The van der Waals surface area contributed by atoms with E-state index in [9.17, 15) is 9.59 Å². The second-order valence-corrected chi connectivity index (χ2v) is 4.39. The van der Waals surface area contributed by atoms with Crippen molar-refractivity contribution in [3.63, 3.8) is 0 Å². The van der Waals surface area contributed by atoms with Crippen LogP contribution >= 0.6 is 0 Å². The number of carbonyl (C=O) groups excluding carboxylic acids is 1. The van der Waals surface area contributed by atoms with Gasteiger partial charge in [0.05, 0.1) is 13.2 Å². The Morgan fingerprint density at radius 3 is 2.88 bits per heavy atom. The normalized spacial score (nSPS) is 22.2. The molecule has 98 valence electrons. The number of ether oxygens (including phenoxy) is 1. The highest BCUT2D eigenvalue weighted by Gasteiger charge is 2.32. The fraction of sp³-hybridized carbons (Fsp3) is 0.818. The molecule has 0 bridgehead atoms. The third-order valence-corrected chi connectivity index (χ3v) is 2.78. The van der Waals surface area contributed by atoms with E-state index < -0.39 is 12.0 Å². The topological polar surface area (TPSA) is 92.9 Å². The third-order valence-electron chi connectivity index (χ3n) is 2.78. The zero-order valence-corrected chi connectivity index (χ0v) is 10.1. The summed E-state index contributed by atoms with van der Waals surface area (Å²) in [5.74, 6) is -1.13. The lowest BCUT2D eigenvalue weighted by molar-refractivity contribution is -0.158. The molecule has 1 aliphatic heterocycles. The molecule has 3 N–H and O–H groups in total. The molecule has 0 aromatic heterocycles. The molecule has 1 saturated heterocycles. The molecule has 0 aromatic rings. The van der Waals surface area contributed by atoms with E-state index in [1.807, 2.05) is 6.92 Å². The zero-order chi connectivity index (χ0) is 12.8. The van der Waals surface area contributed by atoms with Gasteiger partial charge in [-0.2, -0.15) is 0 Å². The predicted molar refractivity (Wildman–Crippen MR) is 61.5 cm³/mol. The zero-order valence-electron chi connectivity index (χ0n) is 10.1. The van der Waals surface area contributed by atoms with Crippen LogP contribution in [0.1, 0.15) is 26.2 Å². The highest BCUT2D eigenvalue weighted by atomic mass is 16.5. The SMILES string of the molecule is CC(N)CCCC(=O)N1CCOCC1C(=O)O. The smallest absolute Gasteiger partial charge is 0.328 e. The number of morpholine rings is 1. The number of amides is 1. The van der Waals surface area contributed by atoms with Crippen molar-refractivity contribution >= 4 is 11.9 Å².